The molecular weight excluding hydrogens is 346 g/mol. The lowest BCUT2D eigenvalue weighted by Crippen LogP contribution is -2.41. The van der Waals surface area contributed by atoms with E-state index in [1.54, 1.807) is 12.1 Å². The van der Waals surface area contributed by atoms with Gasteiger partial charge in [-0.15, -0.1) is 0 Å². The molecule has 0 spiro atoms. The van der Waals surface area contributed by atoms with Gasteiger partial charge in [-0.05, 0) is 42.9 Å². The van der Waals surface area contributed by atoms with Gasteiger partial charge in [0.15, 0.2) is 0 Å². The van der Waals surface area contributed by atoms with Gasteiger partial charge in [0.2, 0.25) is 10.0 Å². The van der Waals surface area contributed by atoms with E-state index in [1.807, 2.05) is 0 Å². The molecule has 1 aliphatic carbocycles. The molecule has 0 aromatic heterocycles. The van der Waals surface area contributed by atoms with Crippen LogP contribution in [-0.2, 0) is 19.6 Å². The lowest BCUT2D eigenvalue weighted by Gasteiger charge is -2.22. The molecule has 1 aliphatic rings. The molecule has 138 valence electrons. The van der Waals surface area contributed by atoms with Crippen molar-refractivity contribution in [1.82, 2.24) is 4.72 Å². The summed E-state index contributed by atoms with van der Waals surface area (Å²) in [4.78, 5) is 21.7. The zero-order valence-electron chi connectivity index (χ0n) is 13.8. The van der Waals surface area contributed by atoms with Crippen molar-refractivity contribution in [2.75, 3.05) is 0 Å². The molecule has 3 N–H and O–H groups in total. The first-order chi connectivity index (χ1) is 11.8. The van der Waals surface area contributed by atoms with Crippen LogP contribution in [0.1, 0.15) is 56.4 Å². The van der Waals surface area contributed by atoms with Crippen LogP contribution in [0.3, 0.4) is 0 Å². The maximum Gasteiger partial charge on any atom is 0.321 e. The van der Waals surface area contributed by atoms with Crippen LogP contribution >= 0.6 is 0 Å². The van der Waals surface area contributed by atoms with E-state index in [1.165, 1.54) is 31.4 Å². The minimum Gasteiger partial charge on any atom is -0.481 e. The summed E-state index contributed by atoms with van der Waals surface area (Å²) < 4.78 is 26.8. The molecule has 1 aromatic carbocycles. The smallest absolute Gasteiger partial charge is 0.321 e. The highest BCUT2D eigenvalue weighted by atomic mass is 32.2. The van der Waals surface area contributed by atoms with E-state index in [2.05, 4.69) is 4.72 Å². The molecule has 1 fully saturated rings. The Labute approximate surface area is 147 Å². The fraction of sp³-hybridized carbons (Fsp3) is 0.529. The summed E-state index contributed by atoms with van der Waals surface area (Å²) in [6, 6.07) is 5.03. The molecule has 0 radical (unpaired) electrons. The average Bonchev–Trinajstić information content (AvgIpc) is 2.59. The van der Waals surface area contributed by atoms with Gasteiger partial charge in [-0.25, -0.2) is 8.42 Å². The second-order valence-corrected chi connectivity index (χ2v) is 8.06. The Hall–Kier alpha value is -1.93. The quantitative estimate of drug-likeness (QED) is 0.647. The van der Waals surface area contributed by atoms with Crippen LogP contribution in [0.4, 0.5) is 0 Å². The number of carboxylic acid groups (broad SMARTS) is 2. The van der Waals surface area contributed by atoms with Crippen LogP contribution in [0.2, 0.25) is 0 Å². The number of aliphatic carboxylic acids is 2. The second kappa shape index (κ2) is 8.44. The minimum atomic E-state index is -4.02. The van der Waals surface area contributed by atoms with Gasteiger partial charge in [0.1, 0.15) is 6.04 Å². The van der Waals surface area contributed by atoms with Crippen LogP contribution in [0, 0.1) is 0 Å². The first-order valence-electron chi connectivity index (χ1n) is 8.36. The van der Waals surface area contributed by atoms with Crippen LogP contribution < -0.4 is 4.72 Å². The number of carboxylic acids is 2. The summed E-state index contributed by atoms with van der Waals surface area (Å²) in [5, 5.41) is 17.7. The molecule has 1 saturated carbocycles. The molecule has 0 heterocycles. The van der Waals surface area contributed by atoms with Crippen LogP contribution in [0.15, 0.2) is 29.2 Å². The highest BCUT2D eigenvalue weighted by Crippen LogP contribution is 2.32. The van der Waals surface area contributed by atoms with Crippen molar-refractivity contribution in [2.45, 2.75) is 61.8 Å². The van der Waals surface area contributed by atoms with Gasteiger partial charge < -0.3 is 10.2 Å². The molecule has 7 nitrogen and oxygen atoms in total. The highest BCUT2D eigenvalue weighted by Gasteiger charge is 2.26. The van der Waals surface area contributed by atoms with Gasteiger partial charge in [0, 0.05) is 6.42 Å². The molecular formula is C17H23NO6S. The number of carbonyl (C=O) groups is 2. The molecule has 25 heavy (non-hydrogen) atoms. The molecule has 0 amide bonds. The van der Waals surface area contributed by atoms with E-state index in [0.717, 1.165) is 18.4 Å². The Morgan fingerprint density at radius 1 is 1.08 bits per heavy atom. The van der Waals surface area contributed by atoms with Crippen LogP contribution in [0.25, 0.3) is 0 Å². The molecule has 1 atom stereocenters. The number of rotatable bonds is 8. The first-order valence-corrected chi connectivity index (χ1v) is 9.85. The third kappa shape index (κ3) is 5.54. The Morgan fingerprint density at radius 2 is 1.68 bits per heavy atom. The summed E-state index contributed by atoms with van der Waals surface area (Å²) in [7, 11) is -4.02. The Morgan fingerprint density at radius 3 is 2.20 bits per heavy atom. The van der Waals surface area contributed by atoms with Gasteiger partial charge in [0.25, 0.3) is 0 Å². The first kappa shape index (κ1) is 19.4. The van der Waals surface area contributed by atoms with Crippen LogP contribution in [-0.4, -0.2) is 36.6 Å². The minimum absolute atomic E-state index is 0.0198. The van der Waals surface area contributed by atoms with E-state index in [0.29, 0.717) is 5.92 Å². The van der Waals surface area contributed by atoms with E-state index < -0.39 is 34.4 Å². The van der Waals surface area contributed by atoms with E-state index in [9.17, 15) is 18.0 Å². The largest absolute Gasteiger partial charge is 0.481 e. The fourth-order valence-corrected chi connectivity index (χ4v) is 4.33. The number of hydrogen-bond acceptors (Lipinski definition) is 4. The highest BCUT2D eigenvalue weighted by molar-refractivity contribution is 7.89. The third-order valence-electron chi connectivity index (χ3n) is 4.51. The van der Waals surface area contributed by atoms with Crippen molar-refractivity contribution in [3.05, 3.63) is 29.8 Å². The normalized spacial score (nSPS) is 17.1. The average molecular weight is 369 g/mol. The SMILES string of the molecule is O=C(O)CCC(NS(=O)(=O)c1ccc(C2CCCCC2)cc1)C(=O)O. The molecule has 1 unspecified atom stereocenters. The van der Waals surface area contributed by atoms with Gasteiger partial charge in [-0.1, -0.05) is 31.4 Å². The van der Waals surface area contributed by atoms with E-state index in [4.69, 9.17) is 10.2 Å². The summed E-state index contributed by atoms with van der Waals surface area (Å²) in [6.45, 7) is 0. The molecule has 0 saturated heterocycles. The molecule has 2 rings (SSSR count). The summed E-state index contributed by atoms with van der Waals surface area (Å²) >= 11 is 0. The van der Waals surface area contributed by atoms with Crippen molar-refractivity contribution in [1.29, 1.82) is 0 Å². The van der Waals surface area contributed by atoms with Crippen molar-refractivity contribution in [2.24, 2.45) is 0 Å². The zero-order chi connectivity index (χ0) is 18.4. The second-order valence-electron chi connectivity index (χ2n) is 6.35. The number of sulfonamides is 1. The van der Waals surface area contributed by atoms with Crippen molar-refractivity contribution in [3.63, 3.8) is 0 Å². The summed E-state index contributed by atoms with van der Waals surface area (Å²) in [5.74, 6) is -2.13. The predicted molar refractivity (Wildman–Crippen MR) is 90.9 cm³/mol. The van der Waals surface area contributed by atoms with Crippen LogP contribution in [0.5, 0.6) is 0 Å². The van der Waals surface area contributed by atoms with E-state index >= 15 is 0 Å². The Balaban J connectivity index is 2.09. The van der Waals surface area contributed by atoms with Crippen molar-refractivity contribution in [3.8, 4) is 0 Å². The van der Waals surface area contributed by atoms with Crippen molar-refractivity contribution >= 4 is 22.0 Å². The zero-order valence-corrected chi connectivity index (χ0v) is 14.7. The number of benzene rings is 1. The summed E-state index contributed by atoms with van der Waals surface area (Å²) in [5.41, 5.74) is 1.10. The third-order valence-corrected chi connectivity index (χ3v) is 6.00. The molecule has 0 aliphatic heterocycles. The number of hydrogen-bond donors (Lipinski definition) is 3. The van der Waals surface area contributed by atoms with Gasteiger partial charge >= 0.3 is 11.9 Å². The lowest BCUT2D eigenvalue weighted by atomic mass is 9.84. The molecule has 8 heteroatoms. The Kier molecular flexibility index (Phi) is 6.55. The monoisotopic (exact) mass is 369 g/mol. The van der Waals surface area contributed by atoms with Gasteiger partial charge in [-0.2, -0.15) is 4.72 Å². The maximum absolute atomic E-state index is 12.4. The fourth-order valence-electron chi connectivity index (χ4n) is 3.11. The lowest BCUT2D eigenvalue weighted by molar-refractivity contribution is -0.140. The Bertz CT molecular complexity index is 707. The van der Waals surface area contributed by atoms with E-state index in [-0.39, 0.29) is 11.3 Å². The summed E-state index contributed by atoms with van der Waals surface area (Å²) in [6.07, 6.45) is 5.04. The predicted octanol–water partition coefficient (Wildman–Crippen LogP) is 2.33. The topological polar surface area (TPSA) is 121 Å². The van der Waals surface area contributed by atoms with Gasteiger partial charge in [-0.3, -0.25) is 9.59 Å². The maximum atomic E-state index is 12.4. The molecule has 0 bridgehead atoms. The standard InChI is InChI=1S/C17H23NO6S/c19-16(20)11-10-15(17(21)22)18-25(23,24)14-8-6-13(7-9-14)12-4-2-1-3-5-12/h6-9,12,15,18H,1-5,10-11H2,(H,19,20)(H,21,22). The molecule has 1 aromatic rings. The van der Waals surface area contributed by atoms with Gasteiger partial charge in [0.05, 0.1) is 4.90 Å². The number of nitrogens with one attached hydrogen (secondary N) is 1. The van der Waals surface area contributed by atoms with Crippen molar-refractivity contribution < 1.29 is 28.2 Å².